The Kier molecular flexibility index (Phi) is 26.4. The zero-order valence-electron chi connectivity index (χ0n) is 67.3. The van der Waals surface area contributed by atoms with Crippen LogP contribution in [-0.4, -0.2) is 259 Å². The number of nitrogens with two attached hydrogens (primary N) is 5. The molecule has 0 saturated carbocycles. The summed E-state index contributed by atoms with van der Waals surface area (Å²) in [6, 6.07) is 0. The van der Waals surface area contributed by atoms with E-state index < -0.39 is 165 Å². The average molecular weight is 1830 g/mol. The Hall–Kier alpha value is -6.86. The van der Waals surface area contributed by atoms with E-state index >= 15 is 0 Å². The summed E-state index contributed by atoms with van der Waals surface area (Å²) in [5, 5.41) is 0. The first-order valence-electron chi connectivity index (χ1n) is 37.3. The molecule has 50 nitrogen and oxygen atoms in total. The average Bonchev–Trinajstić information content (AvgIpc) is 1.41. The lowest BCUT2D eigenvalue weighted by molar-refractivity contribution is -0.191. The van der Waals surface area contributed by atoms with E-state index in [0.717, 1.165) is 14.2 Å². The van der Waals surface area contributed by atoms with E-state index in [-0.39, 0.29) is 90.3 Å². The number of fused-ring (bicyclic) bond motifs is 12. The van der Waals surface area contributed by atoms with Crippen molar-refractivity contribution in [2.24, 2.45) is 0 Å². The molecule has 17 heterocycles. The highest BCUT2D eigenvalue weighted by molar-refractivity contribution is 8.07. The molecule has 9 unspecified atom stereocenters. The number of phosphoric acid groups is 2. The highest BCUT2D eigenvalue weighted by Crippen LogP contribution is 2.60. The van der Waals surface area contributed by atoms with Gasteiger partial charge in [-0.25, -0.2) is 33.5 Å². The molecule has 0 amide bonds. The van der Waals surface area contributed by atoms with Crippen LogP contribution in [0.3, 0.4) is 0 Å². The van der Waals surface area contributed by atoms with Crippen LogP contribution in [0.1, 0.15) is 101 Å². The van der Waals surface area contributed by atoms with E-state index in [4.69, 9.17) is 136 Å². The number of H-pyrrole nitrogens is 2. The molecule has 10 bridgehead atoms. The molecule has 10 fully saturated rings. The molecule has 24 atom stereocenters. The second kappa shape index (κ2) is 34.8. The molecule has 0 aliphatic carbocycles. The smallest absolute Gasteiger partial charge is 0.383 e. The van der Waals surface area contributed by atoms with Crippen molar-refractivity contribution in [3.05, 3.63) is 100 Å². The number of nitrogen functional groups attached to an aromatic ring is 5. The molecular weight excluding hydrogens is 1730 g/mol. The molecule has 16 N–H and O–H groups in total. The monoisotopic (exact) mass is 1830 g/mol. The van der Waals surface area contributed by atoms with Gasteiger partial charge in [0.1, 0.15) is 106 Å². The predicted octanol–water partition coefficient (Wildman–Crippen LogP) is 0.200. The van der Waals surface area contributed by atoms with Crippen molar-refractivity contribution in [3.8, 4) is 0 Å². The number of nitrogens with zero attached hydrogens (tertiary/aromatic N) is 12. The molecule has 121 heavy (non-hydrogen) atoms. The molecule has 17 rings (SSSR count). The van der Waals surface area contributed by atoms with E-state index in [9.17, 15) is 52.7 Å². The maximum atomic E-state index is 12.2. The second-order valence-electron chi connectivity index (χ2n) is 29.5. The summed E-state index contributed by atoms with van der Waals surface area (Å²) in [6.45, 7) is 7.59. The minimum Gasteiger partial charge on any atom is -0.383 e. The van der Waals surface area contributed by atoms with Crippen LogP contribution in [0.5, 0.6) is 0 Å². The summed E-state index contributed by atoms with van der Waals surface area (Å²) in [6.07, 6.45) is -0.318. The summed E-state index contributed by atoms with van der Waals surface area (Å²) in [4.78, 5) is 132. The van der Waals surface area contributed by atoms with Crippen LogP contribution in [0, 0.1) is 20.8 Å². The lowest BCUT2D eigenvalue weighted by Crippen LogP contribution is -2.45. The Morgan fingerprint density at radius 1 is 0.438 bits per heavy atom. The maximum absolute atomic E-state index is 12.2. The number of rotatable bonds is 24. The number of hydrogen-bond acceptors (Lipinski definition) is 41. The molecule has 10 saturated heterocycles. The fourth-order valence-electron chi connectivity index (χ4n) is 16.0. The van der Waals surface area contributed by atoms with Gasteiger partial charge < -0.3 is 114 Å². The first-order chi connectivity index (χ1) is 57.1. The van der Waals surface area contributed by atoms with E-state index in [2.05, 4.69) is 53.9 Å². The SMILES string of the molecule is CC[C@]12CO[C@@H](C1OP(=O)(O)OC)[C@H](n1cc(C)c(N)nc1=O)O2.CC[C@]12CO[C@@H](C1OP(=O)(O)OC)[C@H](n1cnc3c(=O)[nH]c(N)nc31)O2.CC[C@]12CO[C@@H](C1OP(O)(=S)OC)[C@H](n1cc(C)c(N)nc1=O)O2.CC[C@]12CO[C@@H](C1OP(O)(=S)OC)[C@H](n1cnc3c(=O)[nH]c(N)nc31)O2.COC[C@]12CO[C@@H](C1OC)[C@H](n1cc(C)c(N)nc1=O)O2. The number of hydrogen-bond donors (Lipinski definition) is 11. The highest BCUT2D eigenvalue weighted by atomic mass is 32.5. The summed E-state index contributed by atoms with van der Waals surface area (Å²) in [5.41, 5.74) is 24.2. The molecule has 668 valence electrons. The van der Waals surface area contributed by atoms with Gasteiger partial charge in [0, 0.05) is 77.9 Å². The summed E-state index contributed by atoms with van der Waals surface area (Å²) in [5.74, 6) is 0.429. The number of methoxy groups -OCH3 is 2. The van der Waals surface area contributed by atoms with Crippen molar-refractivity contribution in [2.75, 3.05) is 111 Å². The van der Waals surface area contributed by atoms with Crippen molar-refractivity contribution in [3.63, 3.8) is 0 Å². The van der Waals surface area contributed by atoms with Gasteiger partial charge in [-0.1, -0.05) is 27.7 Å². The molecule has 10 aliphatic heterocycles. The van der Waals surface area contributed by atoms with E-state index in [1.165, 1.54) is 51.3 Å². The largest absolute Gasteiger partial charge is 0.472 e. The van der Waals surface area contributed by atoms with Crippen LogP contribution in [0.4, 0.5) is 29.4 Å². The Morgan fingerprint density at radius 3 is 1.00 bits per heavy atom. The minimum atomic E-state index is -4.26. The summed E-state index contributed by atoms with van der Waals surface area (Å²) >= 11 is 9.93. The standard InChI is InChI=1S/C13H18N5O7P.C13H18N5O6PS.C13H20N3O7P.C13H20N3O6PS.C13H19N3O5/c1-3-13-4-23-7(8(13)25-26(20,21)22-2)11(24-13)18-5-15-6-9(18)16-12(14)17-10(6)19;1-3-13-4-22-7(8(13)24-25(20,26)21-2)11(23-13)18-5-15-6-9(18)16-12(14)17-10(6)19;1-4-13-6-21-8(9(13)23-24(18,19)20-3)11(22-13)16-5-7(2)10(14)15-12(16)17;1-4-13-6-20-8(9(13)22-23(18,24)19-3)11(21-13)16-5-7(2)10(14)15-12(16)17;1-7-4-16(12(17)15-10(7)14)11-8-9(19-3)13(21-11,5-18-2)6-20-8/h5,7-8,11H,3-4H2,1-2H3,(H,20,21)(H3,14,16,17,19);5,7-8,11H,3-4H2,1-2H3,(H,20,26)(H3,14,16,17,19);5,8-9,11H,4,6H2,1-3H3,(H,18,19)(H2,14,15,17);5,8-9,11H,4,6H2,1-3H3,(H,18,24)(H2,14,15,17);4,8-9,11H,5-6H2,1-3H3,(H2,14,15,17)/t7-,8?,11+,13-;7-,8?,11+,13-,25?;8-,9?,11+,13-;8-,9?,11+,13-,23?;8-,9?,11+,13-/m00000/s1. The van der Waals surface area contributed by atoms with Crippen LogP contribution in [0.2, 0.25) is 0 Å². The lowest BCUT2D eigenvalue weighted by atomic mass is 9.96. The van der Waals surface area contributed by atoms with Gasteiger partial charge >= 0.3 is 46.2 Å². The minimum absolute atomic E-state index is 0.0310. The molecule has 0 spiro atoms. The van der Waals surface area contributed by atoms with Crippen LogP contribution in [-0.2, 0) is 126 Å². The number of ether oxygens (including phenoxy) is 12. The molecule has 56 heteroatoms. The predicted molar refractivity (Wildman–Crippen MR) is 425 cm³/mol. The third kappa shape index (κ3) is 17.1. The topological polar surface area (TPSA) is 662 Å². The Bertz CT molecular complexity index is 5300. The van der Waals surface area contributed by atoms with Gasteiger partial charge in [-0.05, 0) is 70.1 Å². The second-order valence-corrected chi connectivity index (χ2v) is 38.3. The van der Waals surface area contributed by atoms with Gasteiger partial charge in [0.05, 0.1) is 52.3 Å². The van der Waals surface area contributed by atoms with E-state index in [1.807, 2.05) is 27.7 Å². The van der Waals surface area contributed by atoms with Crippen molar-refractivity contribution >= 4 is 104 Å². The van der Waals surface area contributed by atoms with Crippen LogP contribution >= 0.6 is 29.1 Å². The first kappa shape index (κ1) is 91.8. The Labute approximate surface area is 696 Å². The number of nitrogens with one attached hydrogen (secondary N) is 2. The van der Waals surface area contributed by atoms with Gasteiger partial charge in [0.15, 0.2) is 53.5 Å². The normalized spacial score (nSPS) is 33.8. The maximum Gasteiger partial charge on any atom is 0.472 e. The van der Waals surface area contributed by atoms with E-state index in [0.29, 0.717) is 55.6 Å². The zero-order valence-corrected chi connectivity index (χ0v) is 72.5. The van der Waals surface area contributed by atoms with Gasteiger partial charge in [-0.2, -0.15) is 24.9 Å². The van der Waals surface area contributed by atoms with Crippen LogP contribution in [0.25, 0.3) is 22.3 Å². The van der Waals surface area contributed by atoms with Crippen LogP contribution in [0.15, 0.2) is 55.2 Å². The number of anilines is 5. The van der Waals surface area contributed by atoms with Gasteiger partial charge in [0.25, 0.3) is 11.1 Å². The molecule has 0 aromatic carbocycles. The highest BCUT2D eigenvalue weighted by Gasteiger charge is 2.68. The molecule has 7 aromatic heterocycles. The third-order valence-corrected chi connectivity index (χ3v) is 27.8. The quantitative estimate of drug-likeness (QED) is 0.0360. The first-order valence-corrected chi connectivity index (χ1v) is 45.5. The lowest BCUT2D eigenvalue weighted by Gasteiger charge is -2.31. The summed E-state index contributed by atoms with van der Waals surface area (Å²) < 4.78 is 142. The van der Waals surface area contributed by atoms with E-state index in [1.54, 1.807) is 52.0 Å². The molecular formula is C65H95N19O31P4S2. The summed E-state index contributed by atoms with van der Waals surface area (Å²) in [7, 11) is -0.582. The van der Waals surface area contributed by atoms with Crippen molar-refractivity contribution in [2.45, 2.75) is 194 Å². The zero-order chi connectivity index (χ0) is 88.0. The fourth-order valence-corrected chi connectivity index (χ4v) is 19.3. The number of imidazole rings is 2. The van der Waals surface area contributed by atoms with Crippen molar-refractivity contribution < 1.29 is 122 Å². The molecule has 0 radical (unpaired) electrons. The van der Waals surface area contributed by atoms with Gasteiger partial charge in [-0.3, -0.25) is 69.5 Å². The molecule has 7 aromatic rings. The number of aromatic nitrogens is 14. The van der Waals surface area contributed by atoms with Gasteiger partial charge in [0.2, 0.25) is 11.9 Å². The van der Waals surface area contributed by atoms with Gasteiger partial charge in [-0.15, -0.1) is 0 Å². The van der Waals surface area contributed by atoms with Crippen molar-refractivity contribution in [1.29, 1.82) is 0 Å². The molecule has 10 aliphatic rings. The number of phosphoric ester groups is 2. The number of aryl methyl sites for hydroxylation is 3. The fraction of sp³-hybridized carbons (Fsp3) is 0.662. The van der Waals surface area contributed by atoms with Crippen molar-refractivity contribution in [1.82, 2.24) is 67.7 Å². The Morgan fingerprint density at radius 2 is 0.719 bits per heavy atom. The van der Waals surface area contributed by atoms with Crippen LogP contribution < -0.4 is 56.9 Å². The number of aromatic amines is 2. The third-order valence-electron chi connectivity index (χ3n) is 22.6. The Balaban J connectivity index is 0.000000131.